The molecule has 0 saturated carbocycles. The number of nitrogens with zero attached hydrogens (tertiary/aromatic N) is 5. The maximum Gasteiger partial charge on any atom is 0.265 e. The second-order valence-corrected chi connectivity index (χ2v) is 6.62. The Morgan fingerprint density at radius 3 is 2.72 bits per heavy atom. The van der Waals surface area contributed by atoms with Crippen molar-refractivity contribution in [2.45, 2.75) is 6.92 Å². The number of anilines is 1. The fourth-order valence-electron chi connectivity index (χ4n) is 2.76. The highest BCUT2D eigenvalue weighted by Crippen LogP contribution is 2.28. The van der Waals surface area contributed by atoms with Crippen LogP contribution >= 0.6 is 15.9 Å². The summed E-state index contributed by atoms with van der Waals surface area (Å²) < 4.78 is 3.00. The van der Waals surface area contributed by atoms with Gasteiger partial charge in [0, 0.05) is 16.9 Å². The fourth-order valence-corrected chi connectivity index (χ4v) is 3.12. The van der Waals surface area contributed by atoms with Gasteiger partial charge in [-0.25, -0.2) is 5.43 Å². The molecule has 0 aliphatic rings. The third-order valence-electron chi connectivity index (χ3n) is 4.08. The molecule has 0 aliphatic heterocycles. The Labute approximate surface area is 152 Å². The van der Waals surface area contributed by atoms with E-state index in [1.807, 2.05) is 67.1 Å². The van der Waals surface area contributed by atoms with Crippen molar-refractivity contribution in [1.82, 2.24) is 19.7 Å². The molecule has 2 heterocycles. The first kappa shape index (κ1) is 15.7. The summed E-state index contributed by atoms with van der Waals surface area (Å²) in [5, 5.41) is 13.9. The number of aromatic nitrogens is 4. The molecule has 0 saturated heterocycles. The number of aryl methyl sites for hydroxylation is 1. The maximum atomic E-state index is 4.56. The van der Waals surface area contributed by atoms with E-state index >= 15 is 0 Å². The first-order valence-corrected chi connectivity index (χ1v) is 8.57. The topological polar surface area (TPSA) is 68.0 Å². The molecule has 1 N–H and O–H groups in total. The highest BCUT2D eigenvalue weighted by atomic mass is 79.9. The third kappa shape index (κ3) is 2.87. The summed E-state index contributed by atoms with van der Waals surface area (Å²) in [6, 6.07) is 16.0. The Bertz CT molecular complexity index is 1100. The molecule has 4 rings (SSSR count). The molecule has 4 aromatic rings. The molecule has 2 aromatic carbocycles. The van der Waals surface area contributed by atoms with E-state index in [-0.39, 0.29) is 0 Å². The van der Waals surface area contributed by atoms with Gasteiger partial charge < -0.3 is 4.57 Å². The Kier molecular flexibility index (Phi) is 3.93. The summed E-state index contributed by atoms with van der Waals surface area (Å²) in [4.78, 5) is 4.56. The SMILES string of the molecule is C/C(=N\Nc1nnc2c3cc(Br)ccc3n(C)c2n1)c1ccccc1. The predicted octanol–water partition coefficient (Wildman–Crippen LogP) is 4.12. The zero-order chi connectivity index (χ0) is 17.4. The second kappa shape index (κ2) is 6.25. The lowest BCUT2D eigenvalue weighted by Crippen LogP contribution is -2.04. The van der Waals surface area contributed by atoms with Crippen molar-refractivity contribution in [3.8, 4) is 0 Å². The second-order valence-electron chi connectivity index (χ2n) is 5.70. The summed E-state index contributed by atoms with van der Waals surface area (Å²) in [5.41, 5.74) is 7.38. The minimum atomic E-state index is 0.368. The number of hydrogen-bond donors (Lipinski definition) is 1. The number of fused-ring (bicyclic) bond motifs is 3. The van der Waals surface area contributed by atoms with Crippen LogP contribution in [0.15, 0.2) is 58.1 Å². The zero-order valence-electron chi connectivity index (χ0n) is 13.7. The van der Waals surface area contributed by atoms with E-state index in [1.165, 1.54) is 0 Å². The minimum absolute atomic E-state index is 0.368. The Morgan fingerprint density at radius 1 is 1.12 bits per heavy atom. The Balaban J connectivity index is 1.72. The Hall–Kier alpha value is -2.80. The molecule has 0 radical (unpaired) electrons. The average Bonchev–Trinajstić information content (AvgIpc) is 2.92. The molecule has 6 nitrogen and oxygen atoms in total. The van der Waals surface area contributed by atoms with Crippen LogP contribution in [0.4, 0.5) is 5.95 Å². The van der Waals surface area contributed by atoms with Gasteiger partial charge >= 0.3 is 0 Å². The van der Waals surface area contributed by atoms with Crippen LogP contribution in [-0.4, -0.2) is 25.5 Å². The van der Waals surface area contributed by atoms with Crippen molar-refractivity contribution in [3.63, 3.8) is 0 Å². The van der Waals surface area contributed by atoms with Crippen molar-refractivity contribution >= 4 is 49.7 Å². The first-order valence-electron chi connectivity index (χ1n) is 7.77. The molecule has 7 heteroatoms. The molecule has 0 fully saturated rings. The number of nitrogens with one attached hydrogen (secondary N) is 1. The van der Waals surface area contributed by atoms with Gasteiger partial charge in [0.05, 0.1) is 11.2 Å². The van der Waals surface area contributed by atoms with Crippen molar-refractivity contribution in [2.75, 3.05) is 5.43 Å². The molecule has 2 aromatic heterocycles. The lowest BCUT2D eigenvalue weighted by Gasteiger charge is -2.02. The monoisotopic (exact) mass is 394 g/mol. The summed E-state index contributed by atoms with van der Waals surface area (Å²) in [7, 11) is 1.97. The molecule has 0 amide bonds. The summed E-state index contributed by atoms with van der Waals surface area (Å²) in [6.07, 6.45) is 0. The molecule has 0 aliphatic carbocycles. The van der Waals surface area contributed by atoms with Crippen LogP contribution in [0.25, 0.3) is 22.1 Å². The zero-order valence-corrected chi connectivity index (χ0v) is 15.3. The first-order chi connectivity index (χ1) is 12.1. The molecule has 124 valence electrons. The van der Waals surface area contributed by atoms with E-state index in [1.54, 1.807) is 0 Å². The molecule has 25 heavy (non-hydrogen) atoms. The summed E-state index contributed by atoms with van der Waals surface area (Å²) >= 11 is 3.50. The van der Waals surface area contributed by atoms with E-state index in [0.717, 1.165) is 37.8 Å². The average molecular weight is 395 g/mol. The smallest absolute Gasteiger partial charge is 0.265 e. The normalized spacial score (nSPS) is 12.0. The highest BCUT2D eigenvalue weighted by Gasteiger charge is 2.12. The van der Waals surface area contributed by atoms with Crippen molar-refractivity contribution in [2.24, 2.45) is 12.1 Å². The van der Waals surface area contributed by atoms with Crippen LogP contribution < -0.4 is 5.43 Å². The van der Waals surface area contributed by atoms with Gasteiger partial charge in [0.25, 0.3) is 5.95 Å². The van der Waals surface area contributed by atoms with Gasteiger partial charge in [-0.3, -0.25) is 0 Å². The maximum absolute atomic E-state index is 4.56. The van der Waals surface area contributed by atoms with E-state index in [9.17, 15) is 0 Å². The van der Waals surface area contributed by atoms with Gasteiger partial charge in [0.2, 0.25) is 0 Å². The van der Waals surface area contributed by atoms with Crippen LogP contribution in [0.3, 0.4) is 0 Å². The van der Waals surface area contributed by atoms with Crippen LogP contribution in [0.5, 0.6) is 0 Å². The number of halogens is 1. The quantitative estimate of drug-likeness (QED) is 0.419. The van der Waals surface area contributed by atoms with Gasteiger partial charge in [-0.1, -0.05) is 46.3 Å². The predicted molar refractivity (Wildman–Crippen MR) is 104 cm³/mol. The summed E-state index contributed by atoms with van der Waals surface area (Å²) in [6.45, 7) is 1.93. The lowest BCUT2D eigenvalue weighted by atomic mass is 10.1. The van der Waals surface area contributed by atoms with Gasteiger partial charge in [-0.2, -0.15) is 10.1 Å². The minimum Gasteiger partial charge on any atom is -0.327 e. The molecule has 0 spiro atoms. The van der Waals surface area contributed by atoms with Gasteiger partial charge in [0.1, 0.15) is 5.52 Å². The number of hydrazone groups is 1. The fraction of sp³-hybridized carbons (Fsp3) is 0.111. The van der Waals surface area contributed by atoms with Gasteiger partial charge in [-0.15, -0.1) is 10.2 Å². The molecule has 0 atom stereocenters. The van der Waals surface area contributed by atoms with E-state index in [0.29, 0.717) is 5.95 Å². The molecular weight excluding hydrogens is 380 g/mol. The van der Waals surface area contributed by atoms with E-state index in [2.05, 4.69) is 41.6 Å². The van der Waals surface area contributed by atoms with E-state index < -0.39 is 0 Å². The van der Waals surface area contributed by atoms with Crippen molar-refractivity contribution in [1.29, 1.82) is 0 Å². The largest absolute Gasteiger partial charge is 0.327 e. The third-order valence-corrected chi connectivity index (χ3v) is 4.57. The van der Waals surface area contributed by atoms with Gasteiger partial charge in [-0.05, 0) is 30.7 Å². The van der Waals surface area contributed by atoms with Gasteiger partial charge in [0.15, 0.2) is 5.65 Å². The van der Waals surface area contributed by atoms with Crippen molar-refractivity contribution in [3.05, 3.63) is 58.6 Å². The standard InChI is InChI=1S/C18H15BrN6/c1-11(12-6-4-3-5-7-12)21-23-18-20-17-16(22-24-18)14-10-13(19)8-9-15(14)25(17)2/h3-10H,1-2H3,(H,20,23,24)/b21-11+. The Morgan fingerprint density at radius 2 is 1.92 bits per heavy atom. The van der Waals surface area contributed by atoms with Crippen LogP contribution in [0.2, 0.25) is 0 Å². The lowest BCUT2D eigenvalue weighted by molar-refractivity contribution is 0.949. The van der Waals surface area contributed by atoms with Crippen LogP contribution in [-0.2, 0) is 7.05 Å². The van der Waals surface area contributed by atoms with Crippen molar-refractivity contribution < 1.29 is 0 Å². The van der Waals surface area contributed by atoms with E-state index in [4.69, 9.17) is 0 Å². The van der Waals surface area contributed by atoms with Crippen LogP contribution in [0, 0.1) is 0 Å². The summed E-state index contributed by atoms with van der Waals surface area (Å²) in [5.74, 6) is 0.368. The number of rotatable bonds is 3. The molecule has 0 bridgehead atoms. The number of benzene rings is 2. The number of hydrogen-bond acceptors (Lipinski definition) is 5. The molecule has 0 unspecified atom stereocenters. The molecular formula is C18H15BrN6. The highest BCUT2D eigenvalue weighted by molar-refractivity contribution is 9.10. The van der Waals surface area contributed by atoms with Crippen LogP contribution in [0.1, 0.15) is 12.5 Å².